The summed E-state index contributed by atoms with van der Waals surface area (Å²) in [5.41, 5.74) is -1.39. The fourth-order valence-corrected chi connectivity index (χ4v) is 5.30. The maximum atomic E-state index is 12.7. The summed E-state index contributed by atoms with van der Waals surface area (Å²) in [6.45, 7) is 10.3. The van der Waals surface area contributed by atoms with Crippen LogP contribution in [0.2, 0.25) is 0 Å². The largest absolute Gasteiger partial charge is 0.460 e. The Balaban J connectivity index is 2.14. The third-order valence-electron chi connectivity index (χ3n) is 3.79. The maximum absolute atomic E-state index is 12.7. The zero-order valence-corrected chi connectivity index (χ0v) is 17.1. The van der Waals surface area contributed by atoms with Crippen molar-refractivity contribution in [1.82, 2.24) is 4.90 Å². The van der Waals surface area contributed by atoms with E-state index in [1.165, 1.54) is 13.8 Å². The Morgan fingerprint density at radius 3 is 2.43 bits per heavy atom. The molecule has 2 fully saturated rings. The number of nitrogens with zero attached hydrogens (tertiary/aromatic N) is 1. The highest BCUT2D eigenvalue weighted by Gasteiger charge is 2.63. The zero-order valence-electron chi connectivity index (χ0n) is 14.1. The van der Waals surface area contributed by atoms with Gasteiger partial charge < -0.3 is 14.4 Å². The van der Waals surface area contributed by atoms with Gasteiger partial charge >= 0.3 is 11.9 Å². The molecular weight excluding hydrogens is 433 g/mol. The number of carbonyl (C=O) groups is 3. The van der Waals surface area contributed by atoms with Gasteiger partial charge in [-0.2, -0.15) is 0 Å². The predicted molar refractivity (Wildman–Crippen MR) is 95.3 cm³/mol. The Morgan fingerprint density at radius 2 is 1.91 bits per heavy atom. The van der Waals surface area contributed by atoms with Crippen molar-refractivity contribution in [1.29, 1.82) is 0 Å². The Hall–Kier alpha value is -0.510. The fraction of sp³-hybridized carbons (Fsp3) is 0.800. The van der Waals surface area contributed by atoms with Gasteiger partial charge in [-0.25, -0.2) is 9.59 Å². The van der Waals surface area contributed by atoms with Crippen LogP contribution < -0.4 is 0 Å². The van der Waals surface area contributed by atoms with Gasteiger partial charge in [0.1, 0.15) is 15.3 Å². The Kier molecular flexibility index (Phi) is 4.98. The molecule has 1 amide bonds. The number of ether oxygens (including phenoxy) is 2. The second-order valence-corrected chi connectivity index (χ2v) is 10.2. The van der Waals surface area contributed by atoms with Gasteiger partial charge in [0, 0.05) is 4.75 Å². The van der Waals surface area contributed by atoms with Crippen molar-refractivity contribution in [3.63, 3.8) is 0 Å². The molecule has 2 heterocycles. The van der Waals surface area contributed by atoms with Crippen LogP contribution in [0.25, 0.3) is 0 Å². The summed E-state index contributed by atoms with van der Waals surface area (Å²) >= 11 is 3.69. The number of rotatable bonds is 4. The first-order valence-corrected chi connectivity index (χ1v) is 9.59. The van der Waals surface area contributed by atoms with Crippen LogP contribution in [-0.2, 0) is 23.9 Å². The maximum Gasteiger partial charge on any atom is 0.350 e. The second-order valence-electron chi connectivity index (χ2n) is 7.05. The summed E-state index contributed by atoms with van der Waals surface area (Å²) in [6.07, 6.45) is -0.292. The summed E-state index contributed by atoms with van der Waals surface area (Å²) in [6, 6.07) is -0.692. The van der Waals surface area contributed by atoms with Gasteiger partial charge in [0.2, 0.25) is 11.5 Å². The van der Waals surface area contributed by atoms with Crippen LogP contribution in [0.4, 0.5) is 0 Å². The van der Waals surface area contributed by atoms with Crippen molar-refractivity contribution >= 4 is 52.2 Å². The highest BCUT2D eigenvalue weighted by atomic mass is 127. The number of amides is 1. The monoisotopic (exact) mass is 455 g/mol. The van der Waals surface area contributed by atoms with Gasteiger partial charge in [0.25, 0.3) is 0 Å². The van der Waals surface area contributed by atoms with E-state index in [1.807, 2.05) is 13.8 Å². The number of thioether (sulfide) groups is 1. The Labute approximate surface area is 154 Å². The lowest BCUT2D eigenvalue weighted by atomic mass is 9.98. The molecule has 130 valence electrons. The van der Waals surface area contributed by atoms with Gasteiger partial charge in [0.15, 0.2) is 0 Å². The average Bonchev–Trinajstić information content (AvgIpc) is 2.65. The van der Waals surface area contributed by atoms with E-state index in [9.17, 15) is 14.4 Å². The normalized spacial score (nSPS) is 29.1. The number of carbonyl (C=O) groups excluding carboxylic acids is 3. The van der Waals surface area contributed by atoms with Crippen molar-refractivity contribution in [2.75, 3.05) is 0 Å². The summed E-state index contributed by atoms with van der Waals surface area (Å²) in [5, 5.41) is -0.0126. The van der Waals surface area contributed by atoms with E-state index in [0.717, 1.165) is 0 Å². The van der Waals surface area contributed by atoms with Crippen LogP contribution >= 0.6 is 34.4 Å². The molecule has 0 aromatic carbocycles. The minimum absolute atomic E-state index is 0.0126. The van der Waals surface area contributed by atoms with Crippen molar-refractivity contribution in [2.24, 2.45) is 0 Å². The number of esters is 2. The van der Waals surface area contributed by atoms with Crippen molar-refractivity contribution in [2.45, 2.75) is 73.3 Å². The summed E-state index contributed by atoms with van der Waals surface area (Å²) in [4.78, 5) is 38.4. The molecule has 0 saturated carbocycles. The van der Waals surface area contributed by atoms with E-state index >= 15 is 0 Å². The van der Waals surface area contributed by atoms with E-state index in [0.29, 0.717) is 0 Å². The zero-order chi connectivity index (χ0) is 17.7. The quantitative estimate of drug-likeness (QED) is 0.280. The molecule has 0 aliphatic carbocycles. The van der Waals surface area contributed by atoms with E-state index in [4.69, 9.17) is 9.47 Å². The van der Waals surface area contributed by atoms with Crippen LogP contribution in [0.15, 0.2) is 0 Å². The highest BCUT2D eigenvalue weighted by molar-refractivity contribution is 14.1. The van der Waals surface area contributed by atoms with Crippen molar-refractivity contribution < 1.29 is 23.9 Å². The Morgan fingerprint density at radius 1 is 1.35 bits per heavy atom. The molecule has 2 aliphatic heterocycles. The fourth-order valence-electron chi connectivity index (χ4n) is 2.65. The minimum atomic E-state index is -1.39. The van der Waals surface area contributed by atoms with E-state index in [2.05, 4.69) is 22.6 Å². The minimum Gasteiger partial charge on any atom is -0.460 e. The van der Waals surface area contributed by atoms with Crippen LogP contribution in [-0.4, -0.2) is 54.5 Å². The first-order valence-electron chi connectivity index (χ1n) is 7.46. The number of hydrogen-bond acceptors (Lipinski definition) is 6. The molecule has 0 radical (unpaired) electrons. The summed E-state index contributed by atoms with van der Waals surface area (Å²) in [7, 11) is 0. The molecule has 23 heavy (non-hydrogen) atoms. The first kappa shape index (κ1) is 18.8. The molecule has 2 rings (SSSR count). The number of fused-ring (bicyclic) bond motifs is 1. The molecular formula is C15H22INO5S. The lowest BCUT2D eigenvalue weighted by Crippen LogP contribution is -2.64. The van der Waals surface area contributed by atoms with Crippen LogP contribution in [0.3, 0.4) is 0 Å². The molecule has 2 aliphatic rings. The van der Waals surface area contributed by atoms with E-state index in [-0.39, 0.29) is 21.3 Å². The molecule has 6 nitrogen and oxygen atoms in total. The van der Waals surface area contributed by atoms with Gasteiger partial charge in [-0.05, 0) is 41.5 Å². The van der Waals surface area contributed by atoms with Crippen LogP contribution in [0.5, 0.6) is 0 Å². The number of alkyl halides is 1. The third-order valence-corrected chi connectivity index (χ3v) is 7.06. The highest BCUT2D eigenvalue weighted by Crippen LogP contribution is 2.53. The predicted octanol–water partition coefficient (Wildman–Crippen LogP) is 2.13. The molecule has 0 unspecified atom stereocenters. The average molecular weight is 455 g/mol. The van der Waals surface area contributed by atoms with E-state index < -0.39 is 28.3 Å². The van der Waals surface area contributed by atoms with Crippen molar-refractivity contribution in [3.05, 3.63) is 0 Å². The molecule has 0 bridgehead atoms. The van der Waals surface area contributed by atoms with Gasteiger partial charge in [-0.3, -0.25) is 4.79 Å². The van der Waals surface area contributed by atoms with Gasteiger partial charge in [0.05, 0.1) is 6.10 Å². The smallest absolute Gasteiger partial charge is 0.350 e. The molecule has 0 N–H and O–H groups in total. The number of halogens is 1. The SMILES string of the molecule is CC(C)OC(=O)C(C)(C)OC(=O)[C@@H]1N2C(=O)[C@@H](I)[C@H]2SC1(C)C. The summed E-state index contributed by atoms with van der Waals surface area (Å²) < 4.78 is 9.98. The third kappa shape index (κ3) is 3.33. The second kappa shape index (κ2) is 6.09. The molecule has 0 aromatic heterocycles. The molecule has 0 aromatic rings. The molecule has 8 heteroatoms. The van der Waals surface area contributed by atoms with Crippen LogP contribution in [0.1, 0.15) is 41.5 Å². The molecule has 3 atom stereocenters. The summed E-state index contributed by atoms with van der Waals surface area (Å²) in [5.74, 6) is -1.21. The lowest BCUT2D eigenvalue weighted by Gasteiger charge is -2.41. The Bertz CT molecular complexity index is 548. The lowest BCUT2D eigenvalue weighted by molar-refractivity contribution is -0.186. The van der Waals surface area contributed by atoms with E-state index in [1.54, 1.807) is 30.5 Å². The van der Waals surface area contributed by atoms with Gasteiger partial charge in [-0.1, -0.05) is 22.6 Å². The van der Waals surface area contributed by atoms with Crippen molar-refractivity contribution in [3.8, 4) is 0 Å². The first-order chi connectivity index (χ1) is 10.4. The molecule has 0 spiro atoms. The number of hydrogen-bond donors (Lipinski definition) is 0. The number of β-lactam (4-membered cyclic amide) rings is 1. The van der Waals surface area contributed by atoms with Gasteiger partial charge in [-0.15, -0.1) is 11.8 Å². The van der Waals surface area contributed by atoms with Crippen LogP contribution in [0, 0.1) is 0 Å². The topological polar surface area (TPSA) is 72.9 Å². The molecule has 2 saturated heterocycles. The standard InChI is InChI=1S/C15H22INO5S/c1-7(2)21-13(20)14(3,4)22-12(19)9-15(5,6)23-11-8(16)10(18)17(9)11/h7-9,11H,1-6H3/t8-,9+,11-/m1/s1.